The molecular formula is C26H28IN3O4S. The largest absolute Gasteiger partial charge is 0.355 e. The van der Waals surface area contributed by atoms with Gasteiger partial charge in [-0.25, -0.2) is 8.42 Å². The Balaban J connectivity index is 2.00. The first-order valence-corrected chi connectivity index (χ1v) is 13.7. The fourth-order valence-corrected chi connectivity index (χ4v) is 5.34. The lowest BCUT2D eigenvalue weighted by Crippen LogP contribution is -2.51. The number of carbonyl (C=O) groups excluding carboxylic acids is 2. The normalized spacial score (nSPS) is 12.0. The predicted octanol–water partition coefficient (Wildman–Crippen LogP) is 4.04. The number of benzene rings is 3. The van der Waals surface area contributed by atoms with Crippen LogP contribution in [0.2, 0.25) is 0 Å². The molecule has 0 fully saturated rings. The number of nitrogens with zero attached hydrogens (tertiary/aromatic N) is 2. The third kappa shape index (κ3) is 6.82. The Labute approximate surface area is 220 Å². The minimum Gasteiger partial charge on any atom is -0.355 e. The summed E-state index contributed by atoms with van der Waals surface area (Å²) in [5, 5.41) is 2.75. The van der Waals surface area contributed by atoms with Crippen molar-refractivity contribution in [1.29, 1.82) is 0 Å². The molecule has 184 valence electrons. The van der Waals surface area contributed by atoms with E-state index >= 15 is 0 Å². The summed E-state index contributed by atoms with van der Waals surface area (Å²) >= 11 is 2.14. The van der Waals surface area contributed by atoms with Crippen LogP contribution in [0.5, 0.6) is 0 Å². The van der Waals surface area contributed by atoms with Crippen LogP contribution in [-0.2, 0) is 26.2 Å². The molecule has 0 saturated heterocycles. The van der Waals surface area contributed by atoms with Gasteiger partial charge in [0.25, 0.3) is 10.0 Å². The van der Waals surface area contributed by atoms with Gasteiger partial charge < -0.3 is 10.2 Å². The molecule has 1 atom stereocenters. The average Bonchev–Trinajstić information content (AvgIpc) is 2.87. The number of nitrogens with one attached hydrogen (secondary N) is 1. The standard InChI is InChI=1S/C26H28IN3O4S/c1-3-28-26(32)20(2)29(18-21-10-6-4-7-11-21)25(31)19-30(23-16-14-22(27)15-17-23)35(33,34)24-12-8-5-9-13-24/h4-17,20H,3,18-19H2,1-2H3,(H,28,32)/t20-/m0/s1. The molecule has 0 unspecified atom stereocenters. The molecule has 35 heavy (non-hydrogen) atoms. The summed E-state index contributed by atoms with van der Waals surface area (Å²) in [6.45, 7) is 3.59. The van der Waals surface area contributed by atoms with Crippen molar-refractivity contribution in [2.24, 2.45) is 0 Å². The number of hydrogen-bond donors (Lipinski definition) is 1. The lowest BCUT2D eigenvalue weighted by molar-refractivity contribution is -0.139. The van der Waals surface area contributed by atoms with Crippen LogP contribution in [0, 0.1) is 3.57 Å². The molecule has 0 bridgehead atoms. The minimum atomic E-state index is -4.04. The second-order valence-electron chi connectivity index (χ2n) is 7.88. The van der Waals surface area contributed by atoms with E-state index in [9.17, 15) is 18.0 Å². The van der Waals surface area contributed by atoms with E-state index in [1.54, 1.807) is 56.3 Å². The maximum atomic E-state index is 13.7. The summed E-state index contributed by atoms with van der Waals surface area (Å²) in [5.74, 6) is -0.783. The highest BCUT2D eigenvalue weighted by Crippen LogP contribution is 2.25. The molecular weight excluding hydrogens is 577 g/mol. The van der Waals surface area contributed by atoms with Crippen LogP contribution in [0.4, 0.5) is 5.69 Å². The fourth-order valence-electron chi connectivity index (χ4n) is 3.54. The highest BCUT2D eigenvalue weighted by Gasteiger charge is 2.32. The van der Waals surface area contributed by atoms with Gasteiger partial charge in [-0.05, 0) is 78.4 Å². The average molecular weight is 605 g/mol. The van der Waals surface area contributed by atoms with Crippen molar-refractivity contribution >= 4 is 50.1 Å². The van der Waals surface area contributed by atoms with Crippen LogP contribution in [-0.4, -0.2) is 44.3 Å². The molecule has 7 nitrogen and oxygen atoms in total. The zero-order chi connectivity index (χ0) is 25.4. The Morgan fingerprint density at radius 1 is 0.914 bits per heavy atom. The van der Waals surface area contributed by atoms with Crippen molar-refractivity contribution in [2.75, 3.05) is 17.4 Å². The zero-order valence-corrected chi connectivity index (χ0v) is 22.6. The van der Waals surface area contributed by atoms with Crippen LogP contribution in [0.3, 0.4) is 0 Å². The third-order valence-corrected chi connectivity index (χ3v) is 7.95. The number of likely N-dealkylation sites (N-methyl/N-ethyl adjacent to an activating group) is 1. The first-order chi connectivity index (χ1) is 16.7. The quantitative estimate of drug-likeness (QED) is 0.354. The van der Waals surface area contributed by atoms with Crippen molar-refractivity contribution in [1.82, 2.24) is 10.2 Å². The Morgan fingerprint density at radius 3 is 2.06 bits per heavy atom. The first-order valence-electron chi connectivity index (χ1n) is 11.2. The second-order valence-corrected chi connectivity index (χ2v) is 11.0. The predicted molar refractivity (Wildman–Crippen MR) is 145 cm³/mol. The number of carbonyl (C=O) groups is 2. The molecule has 3 rings (SSSR count). The number of hydrogen-bond acceptors (Lipinski definition) is 4. The van der Waals surface area contributed by atoms with E-state index in [0.29, 0.717) is 12.2 Å². The molecule has 0 heterocycles. The molecule has 0 spiro atoms. The Hall–Kier alpha value is -2.92. The maximum absolute atomic E-state index is 13.7. The number of halogens is 1. The molecule has 0 aliphatic carbocycles. The van der Waals surface area contributed by atoms with Crippen molar-refractivity contribution in [3.05, 3.63) is 94.1 Å². The minimum absolute atomic E-state index is 0.0812. The number of amides is 2. The Kier molecular flexibility index (Phi) is 9.27. The first kappa shape index (κ1) is 26.7. The summed E-state index contributed by atoms with van der Waals surface area (Å²) < 4.78 is 29.3. The lowest BCUT2D eigenvalue weighted by atomic mass is 10.1. The monoisotopic (exact) mass is 605 g/mol. The fraction of sp³-hybridized carbons (Fsp3) is 0.231. The van der Waals surface area contributed by atoms with Crippen molar-refractivity contribution in [3.8, 4) is 0 Å². The van der Waals surface area contributed by atoms with Gasteiger partial charge in [0, 0.05) is 16.7 Å². The molecule has 0 aliphatic rings. The highest BCUT2D eigenvalue weighted by atomic mass is 127. The molecule has 3 aromatic rings. The van der Waals surface area contributed by atoms with Crippen LogP contribution in [0.25, 0.3) is 0 Å². The maximum Gasteiger partial charge on any atom is 0.264 e. The van der Waals surface area contributed by atoms with Crippen molar-refractivity contribution in [3.63, 3.8) is 0 Å². The SMILES string of the molecule is CCNC(=O)[C@H](C)N(Cc1ccccc1)C(=O)CN(c1ccc(I)cc1)S(=O)(=O)c1ccccc1. The van der Waals surface area contributed by atoms with Crippen LogP contribution in [0.1, 0.15) is 19.4 Å². The second kappa shape index (κ2) is 12.2. The van der Waals surface area contributed by atoms with Gasteiger partial charge in [0.05, 0.1) is 10.6 Å². The summed E-state index contributed by atoms with van der Waals surface area (Å²) in [6.07, 6.45) is 0. The summed E-state index contributed by atoms with van der Waals surface area (Å²) in [5.41, 5.74) is 1.21. The molecule has 2 amide bonds. The molecule has 1 N–H and O–H groups in total. The van der Waals surface area contributed by atoms with Gasteiger partial charge in [-0.2, -0.15) is 0 Å². The zero-order valence-electron chi connectivity index (χ0n) is 19.6. The van der Waals surface area contributed by atoms with Crippen molar-refractivity contribution in [2.45, 2.75) is 31.3 Å². The topological polar surface area (TPSA) is 86.8 Å². The molecule has 3 aromatic carbocycles. The number of sulfonamides is 1. The van der Waals surface area contributed by atoms with Crippen LogP contribution >= 0.6 is 22.6 Å². The summed E-state index contributed by atoms with van der Waals surface area (Å²) in [7, 11) is -4.04. The van der Waals surface area contributed by atoms with E-state index < -0.39 is 28.5 Å². The van der Waals surface area contributed by atoms with E-state index in [1.807, 2.05) is 30.3 Å². The smallest absolute Gasteiger partial charge is 0.264 e. The molecule has 0 saturated carbocycles. The van der Waals surface area contributed by atoms with E-state index in [0.717, 1.165) is 13.4 Å². The summed E-state index contributed by atoms with van der Waals surface area (Å²) in [4.78, 5) is 27.8. The van der Waals surface area contributed by atoms with Gasteiger partial charge in [0.2, 0.25) is 11.8 Å². The van der Waals surface area contributed by atoms with Gasteiger partial charge in [0.15, 0.2) is 0 Å². The van der Waals surface area contributed by atoms with Gasteiger partial charge in [-0.3, -0.25) is 13.9 Å². The van der Waals surface area contributed by atoms with Gasteiger partial charge >= 0.3 is 0 Å². The van der Waals surface area contributed by atoms with Crippen LogP contribution in [0.15, 0.2) is 89.8 Å². The molecule has 0 aliphatic heterocycles. The van der Waals surface area contributed by atoms with Gasteiger partial charge in [0.1, 0.15) is 12.6 Å². The molecule has 0 radical (unpaired) electrons. The van der Waals surface area contributed by atoms with E-state index in [1.165, 1.54) is 17.0 Å². The number of anilines is 1. The number of rotatable bonds is 10. The van der Waals surface area contributed by atoms with Gasteiger partial charge in [-0.15, -0.1) is 0 Å². The van der Waals surface area contributed by atoms with E-state index in [2.05, 4.69) is 27.9 Å². The van der Waals surface area contributed by atoms with Gasteiger partial charge in [-0.1, -0.05) is 48.5 Å². The lowest BCUT2D eigenvalue weighted by Gasteiger charge is -2.32. The van der Waals surface area contributed by atoms with Crippen LogP contribution < -0.4 is 9.62 Å². The van der Waals surface area contributed by atoms with E-state index in [-0.39, 0.29) is 17.3 Å². The third-order valence-electron chi connectivity index (χ3n) is 5.44. The molecule has 0 aromatic heterocycles. The van der Waals surface area contributed by atoms with Crippen molar-refractivity contribution < 1.29 is 18.0 Å². The molecule has 9 heteroatoms. The summed E-state index contributed by atoms with van der Waals surface area (Å²) in [6, 6.07) is 23.4. The van der Waals surface area contributed by atoms with E-state index in [4.69, 9.17) is 0 Å². The Morgan fingerprint density at radius 2 is 1.49 bits per heavy atom. The highest BCUT2D eigenvalue weighted by molar-refractivity contribution is 14.1. The Bertz CT molecular complexity index is 1240.